The van der Waals surface area contributed by atoms with Crippen LogP contribution in [0.5, 0.6) is 0 Å². The molecule has 1 unspecified atom stereocenters. The van der Waals surface area contributed by atoms with Crippen molar-refractivity contribution < 1.29 is 14.6 Å². The Morgan fingerprint density at radius 3 is 2.68 bits per heavy atom. The maximum absolute atomic E-state index is 11.0. The molecule has 106 valence electrons. The Hall–Kier alpha value is -1.75. The normalized spacial score (nSPS) is 12.4. The van der Waals surface area contributed by atoms with Crippen molar-refractivity contribution in [3.05, 3.63) is 23.8 Å². The summed E-state index contributed by atoms with van der Waals surface area (Å²) in [5, 5.41) is 12.3. The molecule has 5 heteroatoms. The lowest BCUT2D eigenvalue weighted by Gasteiger charge is -2.23. The molecule has 0 saturated carbocycles. The number of nitrogen functional groups attached to an aromatic ring is 1. The molecule has 0 radical (unpaired) electrons. The van der Waals surface area contributed by atoms with E-state index >= 15 is 0 Å². The number of hydrogen-bond donors (Lipinski definition) is 3. The smallest absolute Gasteiger partial charge is 0.337 e. The first kappa shape index (κ1) is 15.3. The molecule has 0 bridgehead atoms. The van der Waals surface area contributed by atoms with E-state index in [2.05, 4.69) is 19.2 Å². The van der Waals surface area contributed by atoms with E-state index in [0.29, 0.717) is 19.1 Å². The largest absolute Gasteiger partial charge is 0.478 e. The number of nitrogens with two attached hydrogens (primary N) is 1. The second-order valence-electron chi connectivity index (χ2n) is 4.76. The predicted molar refractivity (Wildman–Crippen MR) is 76.6 cm³/mol. The third-order valence-electron chi connectivity index (χ3n) is 2.94. The average Bonchev–Trinajstić information content (AvgIpc) is 2.35. The predicted octanol–water partition coefficient (Wildman–Crippen LogP) is 2.44. The molecule has 1 aromatic carbocycles. The van der Waals surface area contributed by atoms with Crippen molar-refractivity contribution >= 4 is 17.3 Å². The molecule has 0 spiro atoms. The highest BCUT2D eigenvalue weighted by Crippen LogP contribution is 2.20. The molecule has 1 atom stereocenters. The van der Waals surface area contributed by atoms with Gasteiger partial charge in [-0.05, 0) is 31.0 Å². The molecule has 1 aromatic rings. The van der Waals surface area contributed by atoms with Crippen LogP contribution in [0.4, 0.5) is 11.4 Å². The molecule has 5 nitrogen and oxygen atoms in total. The summed E-state index contributed by atoms with van der Waals surface area (Å²) >= 11 is 0. The molecule has 4 N–H and O–H groups in total. The summed E-state index contributed by atoms with van der Waals surface area (Å²) in [7, 11) is 0. The molecule has 0 saturated heterocycles. The summed E-state index contributed by atoms with van der Waals surface area (Å²) in [6.45, 7) is 7.37. The molecule has 0 aliphatic rings. The van der Waals surface area contributed by atoms with Gasteiger partial charge in [-0.2, -0.15) is 0 Å². The van der Waals surface area contributed by atoms with Crippen LogP contribution in [0.2, 0.25) is 0 Å². The van der Waals surface area contributed by atoms with Crippen LogP contribution in [0.25, 0.3) is 0 Å². The minimum absolute atomic E-state index is 0.115. The second-order valence-corrected chi connectivity index (χ2v) is 4.76. The van der Waals surface area contributed by atoms with E-state index in [1.54, 1.807) is 18.2 Å². The van der Waals surface area contributed by atoms with Gasteiger partial charge in [-0.1, -0.05) is 13.8 Å². The first-order valence-corrected chi connectivity index (χ1v) is 6.42. The molecule has 0 aromatic heterocycles. The lowest BCUT2D eigenvalue weighted by Crippen LogP contribution is -2.31. The van der Waals surface area contributed by atoms with Gasteiger partial charge in [0.2, 0.25) is 0 Å². The quantitative estimate of drug-likeness (QED) is 0.660. The Kier molecular flexibility index (Phi) is 5.63. The van der Waals surface area contributed by atoms with E-state index in [4.69, 9.17) is 15.6 Å². The van der Waals surface area contributed by atoms with Gasteiger partial charge in [-0.15, -0.1) is 0 Å². The van der Waals surface area contributed by atoms with Crippen molar-refractivity contribution in [2.75, 3.05) is 24.3 Å². The van der Waals surface area contributed by atoms with Gasteiger partial charge in [0, 0.05) is 18.0 Å². The van der Waals surface area contributed by atoms with E-state index in [9.17, 15) is 4.79 Å². The van der Waals surface area contributed by atoms with Crippen LogP contribution >= 0.6 is 0 Å². The van der Waals surface area contributed by atoms with Gasteiger partial charge >= 0.3 is 5.97 Å². The Morgan fingerprint density at radius 2 is 2.16 bits per heavy atom. The Labute approximate surface area is 113 Å². The fourth-order valence-electron chi connectivity index (χ4n) is 1.69. The van der Waals surface area contributed by atoms with E-state index in [0.717, 1.165) is 5.69 Å². The van der Waals surface area contributed by atoms with Gasteiger partial charge in [0.05, 0.1) is 18.2 Å². The maximum Gasteiger partial charge on any atom is 0.337 e. The summed E-state index contributed by atoms with van der Waals surface area (Å²) in [5.41, 5.74) is 6.75. The molecule has 19 heavy (non-hydrogen) atoms. The van der Waals surface area contributed by atoms with Crippen molar-refractivity contribution in [3.63, 3.8) is 0 Å². The Bertz CT molecular complexity index is 433. The van der Waals surface area contributed by atoms with Crippen molar-refractivity contribution in [2.24, 2.45) is 5.92 Å². The van der Waals surface area contributed by atoms with E-state index in [1.807, 2.05) is 6.92 Å². The number of carbonyl (C=O) groups is 1. The second kappa shape index (κ2) is 6.99. The van der Waals surface area contributed by atoms with Crippen LogP contribution in [-0.2, 0) is 4.74 Å². The molecule has 0 fully saturated rings. The summed E-state index contributed by atoms with van der Waals surface area (Å²) in [5.74, 6) is -0.649. The van der Waals surface area contributed by atoms with Crippen LogP contribution in [0.15, 0.2) is 18.2 Å². The lowest BCUT2D eigenvalue weighted by molar-refractivity contribution is 0.0698. The van der Waals surface area contributed by atoms with Gasteiger partial charge in [-0.25, -0.2) is 4.79 Å². The number of carboxylic acids is 1. The fraction of sp³-hybridized carbons (Fsp3) is 0.500. The van der Waals surface area contributed by atoms with Crippen LogP contribution in [0.1, 0.15) is 31.1 Å². The zero-order chi connectivity index (χ0) is 14.4. The van der Waals surface area contributed by atoms with Crippen molar-refractivity contribution in [1.29, 1.82) is 0 Å². The number of aromatic carboxylic acids is 1. The number of ether oxygens (including phenoxy) is 1. The summed E-state index contributed by atoms with van der Waals surface area (Å²) in [6.07, 6.45) is 0. The van der Waals surface area contributed by atoms with Gasteiger partial charge in [0.1, 0.15) is 0 Å². The minimum atomic E-state index is -1.02. The third kappa shape index (κ3) is 4.44. The van der Waals surface area contributed by atoms with Crippen LogP contribution in [0.3, 0.4) is 0 Å². The highest BCUT2D eigenvalue weighted by molar-refractivity contribution is 5.94. The first-order valence-electron chi connectivity index (χ1n) is 6.42. The molecule has 0 amide bonds. The van der Waals surface area contributed by atoms with Gasteiger partial charge in [-0.3, -0.25) is 0 Å². The van der Waals surface area contributed by atoms with Crippen LogP contribution < -0.4 is 11.1 Å². The number of rotatable bonds is 7. The highest BCUT2D eigenvalue weighted by atomic mass is 16.5. The topological polar surface area (TPSA) is 84.6 Å². The van der Waals surface area contributed by atoms with Gasteiger partial charge in [0.15, 0.2) is 0 Å². The Morgan fingerprint density at radius 1 is 1.47 bits per heavy atom. The number of benzene rings is 1. The highest BCUT2D eigenvalue weighted by Gasteiger charge is 2.15. The van der Waals surface area contributed by atoms with E-state index < -0.39 is 5.97 Å². The van der Waals surface area contributed by atoms with Crippen molar-refractivity contribution in [2.45, 2.75) is 26.8 Å². The zero-order valence-electron chi connectivity index (χ0n) is 11.6. The number of nitrogens with one attached hydrogen (secondary N) is 1. The van der Waals surface area contributed by atoms with Crippen LogP contribution in [-0.4, -0.2) is 30.3 Å². The van der Waals surface area contributed by atoms with Gasteiger partial charge in [0.25, 0.3) is 0 Å². The Balaban J connectivity index is 2.84. The summed E-state index contributed by atoms with van der Waals surface area (Å²) in [4.78, 5) is 11.0. The average molecular weight is 266 g/mol. The maximum atomic E-state index is 11.0. The first-order chi connectivity index (χ1) is 8.95. The van der Waals surface area contributed by atoms with Crippen molar-refractivity contribution in [1.82, 2.24) is 0 Å². The van der Waals surface area contributed by atoms with Crippen molar-refractivity contribution in [3.8, 4) is 0 Å². The fourth-order valence-corrected chi connectivity index (χ4v) is 1.69. The third-order valence-corrected chi connectivity index (χ3v) is 2.94. The summed E-state index contributed by atoms with van der Waals surface area (Å²) < 4.78 is 5.43. The van der Waals surface area contributed by atoms with Crippen LogP contribution in [0, 0.1) is 5.92 Å². The number of carboxylic acid groups (broad SMARTS) is 1. The molecule has 0 aliphatic heterocycles. The van der Waals surface area contributed by atoms with Gasteiger partial charge < -0.3 is 20.9 Å². The van der Waals surface area contributed by atoms with E-state index in [1.165, 1.54) is 0 Å². The molecule has 1 rings (SSSR count). The SMILES string of the molecule is CCOCC(Nc1ccc(N)c(C(=O)O)c1)C(C)C. The molecule has 0 heterocycles. The number of anilines is 2. The van der Waals surface area contributed by atoms with E-state index in [-0.39, 0.29) is 17.3 Å². The molecular weight excluding hydrogens is 244 g/mol. The standard InChI is InChI=1S/C14H22N2O3/c1-4-19-8-13(9(2)3)16-10-5-6-12(15)11(7-10)14(17)18/h5-7,9,13,16H,4,8,15H2,1-3H3,(H,17,18). The molecular formula is C14H22N2O3. The summed E-state index contributed by atoms with van der Waals surface area (Å²) in [6, 6.07) is 5.07. The monoisotopic (exact) mass is 266 g/mol. The number of hydrogen-bond acceptors (Lipinski definition) is 4. The molecule has 0 aliphatic carbocycles. The minimum Gasteiger partial charge on any atom is -0.478 e. The zero-order valence-corrected chi connectivity index (χ0v) is 11.6. The lowest BCUT2D eigenvalue weighted by atomic mass is 10.0.